The van der Waals surface area contributed by atoms with E-state index in [1.165, 1.54) is 11.3 Å². The zero-order valence-electron chi connectivity index (χ0n) is 15.1. The van der Waals surface area contributed by atoms with Gasteiger partial charge < -0.3 is 14.2 Å². The van der Waals surface area contributed by atoms with Crippen LogP contribution in [-0.2, 0) is 29.7 Å². The summed E-state index contributed by atoms with van der Waals surface area (Å²) in [5.41, 5.74) is 3.54. The van der Waals surface area contributed by atoms with Crippen LogP contribution in [0, 0.1) is 0 Å². The first-order chi connectivity index (χ1) is 12.0. The van der Waals surface area contributed by atoms with Crippen LogP contribution in [0.4, 0.5) is 0 Å². The second-order valence-electron chi connectivity index (χ2n) is 6.71. The molecule has 0 radical (unpaired) electrons. The highest BCUT2D eigenvalue weighted by molar-refractivity contribution is 5.76. The van der Waals surface area contributed by atoms with Crippen LogP contribution in [-0.4, -0.2) is 64.1 Å². The van der Waals surface area contributed by atoms with Gasteiger partial charge in [0, 0.05) is 64.8 Å². The lowest BCUT2D eigenvalue weighted by Gasteiger charge is -2.32. The van der Waals surface area contributed by atoms with Crippen molar-refractivity contribution >= 4 is 5.91 Å². The minimum Gasteiger partial charge on any atom is -0.371 e. The number of pyridine rings is 1. The summed E-state index contributed by atoms with van der Waals surface area (Å²) in [6, 6.07) is 4.07. The van der Waals surface area contributed by atoms with E-state index in [9.17, 15) is 4.79 Å². The van der Waals surface area contributed by atoms with Gasteiger partial charge in [-0.2, -0.15) is 0 Å². The molecule has 1 aliphatic heterocycles. The van der Waals surface area contributed by atoms with Crippen molar-refractivity contribution in [3.8, 4) is 0 Å². The molecule has 7 heteroatoms. The first-order valence-electron chi connectivity index (χ1n) is 8.44. The predicted molar refractivity (Wildman–Crippen MR) is 93.8 cm³/mol. The molecule has 0 bridgehead atoms. The molecule has 0 spiro atoms. The summed E-state index contributed by atoms with van der Waals surface area (Å²) in [5.74, 6) is 0.183. The number of amides is 1. The van der Waals surface area contributed by atoms with Gasteiger partial charge in [-0.3, -0.25) is 14.7 Å². The smallest absolute Gasteiger partial charge is 0.248 e. The number of hydrogen-bond donors (Lipinski definition) is 0. The van der Waals surface area contributed by atoms with Crippen LogP contribution in [0.2, 0.25) is 0 Å². The molecule has 2 aromatic rings. The van der Waals surface area contributed by atoms with Crippen molar-refractivity contribution < 1.29 is 9.53 Å². The number of ether oxygens (including phenoxy) is 1. The fourth-order valence-corrected chi connectivity index (χ4v) is 3.22. The molecular formula is C18H25N5O2. The topological polar surface area (TPSA) is 63.5 Å². The molecule has 25 heavy (non-hydrogen) atoms. The molecule has 0 aromatic carbocycles. The fraction of sp³-hybridized carbons (Fsp3) is 0.500. The zero-order chi connectivity index (χ0) is 17.8. The average molecular weight is 343 g/mol. The van der Waals surface area contributed by atoms with Crippen LogP contribution >= 0.6 is 0 Å². The van der Waals surface area contributed by atoms with Gasteiger partial charge in [-0.25, -0.2) is 4.98 Å². The van der Waals surface area contributed by atoms with Crippen LogP contribution in [0.3, 0.4) is 0 Å². The molecule has 134 valence electrons. The third-order valence-corrected chi connectivity index (χ3v) is 4.50. The number of hydrogen-bond acceptors (Lipinski definition) is 5. The Labute approximate surface area is 148 Å². The van der Waals surface area contributed by atoms with Crippen molar-refractivity contribution in [3.05, 3.63) is 47.8 Å². The van der Waals surface area contributed by atoms with Gasteiger partial charge in [0.25, 0.3) is 0 Å². The molecule has 1 unspecified atom stereocenters. The fourth-order valence-electron chi connectivity index (χ4n) is 3.22. The number of nitrogens with zero attached hydrogens (tertiary/aromatic N) is 5. The highest BCUT2D eigenvalue weighted by atomic mass is 16.5. The maximum atomic E-state index is 11.7. The maximum absolute atomic E-state index is 11.7. The Hall–Kier alpha value is -2.25. The Morgan fingerprint density at radius 1 is 1.36 bits per heavy atom. The Morgan fingerprint density at radius 2 is 2.12 bits per heavy atom. The normalized spacial score (nSPS) is 17.3. The number of rotatable bonds is 6. The van der Waals surface area contributed by atoms with E-state index in [1.807, 2.05) is 37.9 Å². The molecule has 0 N–H and O–H groups in total. The van der Waals surface area contributed by atoms with Gasteiger partial charge in [0.15, 0.2) is 0 Å². The molecule has 1 aliphatic rings. The predicted octanol–water partition coefficient (Wildman–Crippen LogP) is 1.02. The van der Waals surface area contributed by atoms with Gasteiger partial charge in [0.2, 0.25) is 5.91 Å². The lowest BCUT2D eigenvalue weighted by Crippen LogP contribution is -2.36. The lowest BCUT2D eigenvalue weighted by atomic mass is 9.98. The summed E-state index contributed by atoms with van der Waals surface area (Å²) in [7, 11) is 5.49. The Balaban J connectivity index is 1.67. The highest BCUT2D eigenvalue weighted by Crippen LogP contribution is 2.28. The number of likely N-dealkylation sites (N-methyl/N-ethyl adjacent to an activating group) is 1. The highest BCUT2D eigenvalue weighted by Gasteiger charge is 2.29. The first-order valence-corrected chi connectivity index (χ1v) is 8.44. The zero-order valence-corrected chi connectivity index (χ0v) is 15.1. The number of carbonyl (C=O) groups is 1. The van der Waals surface area contributed by atoms with Gasteiger partial charge in [-0.05, 0) is 17.7 Å². The number of imidazole rings is 1. The van der Waals surface area contributed by atoms with Gasteiger partial charge in [0.1, 0.15) is 6.61 Å². The number of fused-ring (bicyclic) bond motifs is 1. The Morgan fingerprint density at radius 3 is 2.84 bits per heavy atom. The van der Waals surface area contributed by atoms with Crippen LogP contribution in [0.25, 0.3) is 0 Å². The molecule has 0 aliphatic carbocycles. The van der Waals surface area contributed by atoms with Crippen molar-refractivity contribution in [1.82, 2.24) is 24.3 Å². The van der Waals surface area contributed by atoms with E-state index in [0.29, 0.717) is 6.61 Å². The second kappa shape index (κ2) is 7.76. The van der Waals surface area contributed by atoms with Gasteiger partial charge in [0.05, 0.1) is 18.6 Å². The van der Waals surface area contributed by atoms with E-state index >= 15 is 0 Å². The van der Waals surface area contributed by atoms with Crippen molar-refractivity contribution in [3.63, 3.8) is 0 Å². The van der Waals surface area contributed by atoms with Crippen LogP contribution in [0.15, 0.2) is 30.9 Å². The van der Waals surface area contributed by atoms with Crippen LogP contribution in [0.5, 0.6) is 0 Å². The lowest BCUT2D eigenvalue weighted by molar-refractivity contribution is -0.133. The van der Waals surface area contributed by atoms with Gasteiger partial charge in [-0.1, -0.05) is 0 Å². The van der Waals surface area contributed by atoms with E-state index < -0.39 is 0 Å². The third kappa shape index (κ3) is 4.24. The Bertz CT molecular complexity index is 714. The van der Waals surface area contributed by atoms with E-state index in [2.05, 4.69) is 19.4 Å². The van der Waals surface area contributed by atoms with Crippen LogP contribution < -0.4 is 0 Å². The van der Waals surface area contributed by atoms with Crippen molar-refractivity contribution in [2.45, 2.75) is 19.0 Å². The molecule has 3 heterocycles. The minimum atomic E-state index is -0.0188. The first kappa shape index (κ1) is 17.6. The summed E-state index contributed by atoms with van der Waals surface area (Å²) in [6.07, 6.45) is 5.50. The van der Waals surface area contributed by atoms with Crippen molar-refractivity contribution in [2.75, 3.05) is 33.9 Å². The number of aryl methyl sites for hydroxylation is 1. The standard InChI is InChI=1S/C18H25N5O2/c1-21(2)17(24)12-25-11-15-9-23(8-14-4-6-19-7-5-14)10-16-18(15)22(3)13-20-16/h4-7,13,15H,8-12H2,1-3H3. The second-order valence-corrected chi connectivity index (χ2v) is 6.71. The molecule has 0 saturated heterocycles. The van der Waals surface area contributed by atoms with E-state index in [4.69, 9.17) is 4.74 Å². The molecular weight excluding hydrogens is 318 g/mol. The van der Waals surface area contributed by atoms with E-state index in [1.54, 1.807) is 19.0 Å². The summed E-state index contributed by atoms with van der Waals surface area (Å²) in [6.45, 7) is 3.18. The van der Waals surface area contributed by atoms with Crippen molar-refractivity contribution in [2.24, 2.45) is 7.05 Å². The SMILES string of the molecule is CN(C)C(=O)COCC1CN(Cc2ccncc2)Cc2ncn(C)c21. The van der Waals surface area contributed by atoms with E-state index in [-0.39, 0.29) is 18.4 Å². The average Bonchev–Trinajstić information content (AvgIpc) is 2.96. The third-order valence-electron chi connectivity index (χ3n) is 4.50. The van der Waals surface area contributed by atoms with Crippen molar-refractivity contribution in [1.29, 1.82) is 0 Å². The summed E-state index contributed by atoms with van der Waals surface area (Å²) in [4.78, 5) is 24.3. The van der Waals surface area contributed by atoms with Gasteiger partial charge in [-0.15, -0.1) is 0 Å². The molecule has 0 saturated carbocycles. The quantitative estimate of drug-likeness (QED) is 0.784. The van der Waals surface area contributed by atoms with E-state index in [0.717, 1.165) is 25.3 Å². The monoisotopic (exact) mass is 343 g/mol. The largest absolute Gasteiger partial charge is 0.371 e. The molecule has 2 aromatic heterocycles. The summed E-state index contributed by atoms with van der Waals surface area (Å²) in [5, 5.41) is 0. The molecule has 1 amide bonds. The number of aromatic nitrogens is 3. The molecule has 3 rings (SSSR count). The summed E-state index contributed by atoms with van der Waals surface area (Å²) < 4.78 is 7.78. The Kier molecular flexibility index (Phi) is 5.45. The maximum Gasteiger partial charge on any atom is 0.248 e. The molecule has 0 fully saturated rings. The van der Waals surface area contributed by atoms with Gasteiger partial charge >= 0.3 is 0 Å². The summed E-state index contributed by atoms with van der Waals surface area (Å²) >= 11 is 0. The minimum absolute atomic E-state index is 0.0188. The van der Waals surface area contributed by atoms with Crippen LogP contribution in [0.1, 0.15) is 22.9 Å². The molecule has 1 atom stereocenters. The number of carbonyl (C=O) groups excluding carboxylic acids is 1. The molecule has 7 nitrogen and oxygen atoms in total.